The maximum atomic E-state index is 12.0. The zero-order valence-electron chi connectivity index (χ0n) is 13.1. The van der Waals surface area contributed by atoms with Crippen molar-refractivity contribution < 1.29 is 9.59 Å². The molecular formula is C16H21N3O2S2. The van der Waals surface area contributed by atoms with Crippen LogP contribution in [0.1, 0.15) is 30.1 Å². The first-order valence-corrected chi connectivity index (χ1v) is 9.09. The molecule has 7 heteroatoms. The monoisotopic (exact) mass is 351 g/mol. The number of carbonyl (C=O) groups is 2. The van der Waals surface area contributed by atoms with Crippen molar-refractivity contribution in [3.63, 3.8) is 0 Å². The molecule has 2 amide bonds. The molecule has 0 radical (unpaired) electrons. The summed E-state index contributed by atoms with van der Waals surface area (Å²) in [5, 5.41) is 5.54. The fraction of sp³-hybridized carbons (Fsp3) is 0.438. The van der Waals surface area contributed by atoms with Gasteiger partial charge in [0.05, 0.1) is 5.75 Å². The van der Waals surface area contributed by atoms with Gasteiger partial charge in [-0.2, -0.15) is 0 Å². The molecule has 0 bridgehead atoms. The number of nitrogens with one attached hydrogen (secondary N) is 2. The molecule has 1 saturated heterocycles. The summed E-state index contributed by atoms with van der Waals surface area (Å²) in [4.78, 5) is 26.0. The molecule has 0 aliphatic carbocycles. The molecule has 1 aliphatic rings. The molecule has 2 rings (SSSR count). The van der Waals surface area contributed by atoms with Gasteiger partial charge in [-0.3, -0.25) is 9.59 Å². The Balaban J connectivity index is 1.83. The lowest BCUT2D eigenvalue weighted by atomic mass is 10.2. The van der Waals surface area contributed by atoms with Gasteiger partial charge in [0.25, 0.3) is 5.91 Å². The maximum Gasteiger partial charge on any atom is 0.251 e. The average Bonchev–Trinajstić information content (AvgIpc) is 3.07. The van der Waals surface area contributed by atoms with E-state index in [1.165, 1.54) is 24.6 Å². The zero-order chi connectivity index (χ0) is 16.7. The largest absolute Gasteiger partial charge is 0.358 e. The van der Waals surface area contributed by atoms with E-state index in [4.69, 9.17) is 12.2 Å². The van der Waals surface area contributed by atoms with E-state index in [9.17, 15) is 9.59 Å². The van der Waals surface area contributed by atoms with Crippen molar-refractivity contribution >= 4 is 45.8 Å². The van der Waals surface area contributed by atoms with Crippen LogP contribution in [0.25, 0.3) is 0 Å². The van der Waals surface area contributed by atoms with Gasteiger partial charge in [-0.25, -0.2) is 0 Å². The number of thioether (sulfide) groups is 1. The lowest BCUT2D eigenvalue weighted by molar-refractivity contribution is -0.113. The van der Waals surface area contributed by atoms with Crippen LogP contribution >= 0.6 is 24.0 Å². The Kier molecular flexibility index (Phi) is 6.85. The SMILES string of the molecule is CCNC(=O)c1cccc(NC(=O)CSC(=S)N2CCCC2)c1. The molecule has 0 saturated carbocycles. The minimum atomic E-state index is -0.145. The number of rotatable bonds is 5. The summed E-state index contributed by atoms with van der Waals surface area (Å²) in [6.07, 6.45) is 2.33. The van der Waals surface area contributed by atoms with Crippen LogP contribution in [0.2, 0.25) is 0 Å². The summed E-state index contributed by atoms with van der Waals surface area (Å²) in [7, 11) is 0. The predicted octanol–water partition coefficient (Wildman–Crippen LogP) is 2.49. The second-order valence-electron chi connectivity index (χ2n) is 5.24. The summed E-state index contributed by atoms with van der Waals surface area (Å²) in [5.74, 6) is 0.0125. The molecule has 5 nitrogen and oxygen atoms in total. The number of thiocarbonyl (C=S) groups is 1. The zero-order valence-corrected chi connectivity index (χ0v) is 14.8. The van der Waals surface area contributed by atoms with Crippen molar-refractivity contribution in [3.8, 4) is 0 Å². The molecule has 124 valence electrons. The number of nitrogens with zero attached hydrogens (tertiary/aromatic N) is 1. The summed E-state index contributed by atoms with van der Waals surface area (Å²) < 4.78 is 0.786. The van der Waals surface area contributed by atoms with Crippen molar-refractivity contribution in [3.05, 3.63) is 29.8 Å². The Hall–Kier alpha value is -1.60. The van der Waals surface area contributed by atoms with Crippen LogP contribution in [0.15, 0.2) is 24.3 Å². The van der Waals surface area contributed by atoms with Gasteiger partial charge in [-0.15, -0.1) is 0 Å². The van der Waals surface area contributed by atoms with Crippen LogP contribution in [0.4, 0.5) is 5.69 Å². The van der Waals surface area contributed by atoms with E-state index in [1.807, 2.05) is 6.92 Å². The van der Waals surface area contributed by atoms with Crippen molar-refractivity contribution in [1.29, 1.82) is 0 Å². The normalized spacial score (nSPS) is 13.7. The van der Waals surface area contributed by atoms with Gasteiger partial charge < -0.3 is 15.5 Å². The number of anilines is 1. The fourth-order valence-electron chi connectivity index (χ4n) is 2.32. The molecule has 1 heterocycles. The number of hydrogen-bond donors (Lipinski definition) is 2. The molecule has 1 fully saturated rings. The predicted molar refractivity (Wildman–Crippen MR) is 98.9 cm³/mol. The second kappa shape index (κ2) is 8.88. The number of likely N-dealkylation sites (tertiary alicyclic amines) is 1. The first-order valence-electron chi connectivity index (χ1n) is 7.70. The van der Waals surface area contributed by atoms with Crippen LogP contribution in [0.5, 0.6) is 0 Å². The van der Waals surface area contributed by atoms with Crippen molar-refractivity contribution in [2.75, 3.05) is 30.7 Å². The maximum absolute atomic E-state index is 12.0. The molecule has 23 heavy (non-hydrogen) atoms. The van der Waals surface area contributed by atoms with Gasteiger partial charge in [0, 0.05) is 30.9 Å². The van der Waals surface area contributed by atoms with E-state index in [0.717, 1.165) is 17.4 Å². The molecule has 1 aliphatic heterocycles. The molecule has 2 N–H and O–H groups in total. The molecule has 1 aromatic rings. The number of carbonyl (C=O) groups excluding carboxylic acids is 2. The third kappa shape index (κ3) is 5.51. The van der Waals surface area contributed by atoms with Crippen LogP contribution in [0, 0.1) is 0 Å². The van der Waals surface area contributed by atoms with Crippen LogP contribution in [-0.2, 0) is 4.79 Å². The van der Waals surface area contributed by atoms with Crippen LogP contribution in [-0.4, -0.2) is 46.4 Å². The first kappa shape index (κ1) is 17.7. The highest BCUT2D eigenvalue weighted by molar-refractivity contribution is 8.23. The summed E-state index contributed by atoms with van der Waals surface area (Å²) >= 11 is 6.72. The third-order valence-electron chi connectivity index (χ3n) is 3.44. The highest BCUT2D eigenvalue weighted by Gasteiger charge is 2.16. The van der Waals surface area contributed by atoms with E-state index >= 15 is 0 Å². The first-order chi connectivity index (χ1) is 11.1. The average molecular weight is 351 g/mol. The second-order valence-corrected chi connectivity index (χ2v) is 6.85. The van der Waals surface area contributed by atoms with Gasteiger partial charge in [-0.1, -0.05) is 30.0 Å². The summed E-state index contributed by atoms with van der Waals surface area (Å²) in [6.45, 7) is 4.41. The van der Waals surface area contributed by atoms with Crippen LogP contribution < -0.4 is 10.6 Å². The molecule has 0 unspecified atom stereocenters. The lowest BCUT2D eigenvalue weighted by Crippen LogP contribution is -2.25. The fourth-order valence-corrected chi connectivity index (χ4v) is 3.37. The van der Waals surface area contributed by atoms with Gasteiger partial charge in [0.2, 0.25) is 5.91 Å². The Morgan fingerprint density at radius 3 is 2.74 bits per heavy atom. The minimum absolute atomic E-state index is 0.121. The van der Waals surface area contributed by atoms with Gasteiger partial charge in [0.1, 0.15) is 4.32 Å². The lowest BCUT2D eigenvalue weighted by Gasteiger charge is -2.17. The van der Waals surface area contributed by atoms with E-state index in [0.29, 0.717) is 17.8 Å². The van der Waals surface area contributed by atoms with E-state index < -0.39 is 0 Å². The minimum Gasteiger partial charge on any atom is -0.358 e. The number of benzene rings is 1. The van der Waals surface area contributed by atoms with Crippen LogP contribution in [0.3, 0.4) is 0 Å². The van der Waals surface area contributed by atoms with E-state index in [2.05, 4.69) is 15.5 Å². The van der Waals surface area contributed by atoms with Crippen molar-refractivity contribution in [2.45, 2.75) is 19.8 Å². The Morgan fingerprint density at radius 2 is 2.04 bits per heavy atom. The van der Waals surface area contributed by atoms with Gasteiger partial charge in [-0.05, 0) is 38.0 Å². The van der Waals surface area contributed by atoms with E-state index in [1.54, 1.807) is 24.3 Å². The molecular weight excluding hydrogens is 330 g/mol. The highest BCUT2D eigenvalue weighted by atomic mass is 32.2. The smallest absolute Gasteiger partial charge is 0.251 e. The Morgan fingerprint density at radius 1 is 1.30 bits per heavy atom. The molecule has 1 aromatic carbocycles. The van der Waals surface area contributed by atoms with Crippen molar-refractivity contribution in [1.82, 2.24) is 10.2 Å². The van der Waals surface area contributed by atoms with Gasteiger partial charge in [0.15, 0.2) is 0 Å². The summed E-state index contributed by atoms with van der Waals surface area (Å²) in [5.41, 5.74) is 1.15. The third-order valence-corrected chi connectivity index (χ3v) is 4.96. The highest BCUT2D eigenvalue weighted by Crippen LogP contribution is 2.17. The standard InChI is InChI=1S/C16H21N3O2S2/c1-2-17-15(21)12-6-5-7-13(10-12)18-14(20)11-23-16(22)19-8-3-4-9-19/h5-7,10H,2-4,8-9,11H2,1H3,(H,17,21)(H,18,20). The Labute approximate surface area is 146 Å². The van der Waals surface area contributed by atoms with Crippen molar-refractivity contribution in [2.24, 2.45) is 0 Å². The summed E-state index contributed by atoms with van der Waals surface area (Å²) in [6, 6.07) is 6.91. The molecule has 0 aromatic heterocycles. The molecule has 0 atom stereocenters. The topological polar surface area (TPSA) is 61.4 Å². The number of hydrogen-bond acceptors (Lipinski definition) is 4. The van der Waals surface area contributed by atoms with Gasteiger partial charge >= 0.3 is 0 Å². The quantitative estimate of drug-likeness (QED) is 0.798. The number of amides is 2. The van der Waals surface area contributed by atoms with E-state index in [-0.39, 0.29) is 17.6 Å². The Bertz CT molecular complexity index is 586. The molecule has 0 spiro atoms.